The highest BCUT2D eigenvalue weighted by Crippen LogP contribution is 2.26. The number of phenols is 1. The van der Waals surface area contributed by atoms with Crippen molar-refractivity contribution in [3.8, 4) is 5.75 Å². The summed E-state index contributed by atoms with van der Waals surface area (Å²) < 4.78 is 23.3. The summed E-state index contributed by atoms with van der Waals surface area (Å²) in [5, 5.41) is 12.3. The molecule has 134 valence electrons. The molecular formula is C18H22N2O4S. The molecule has 0 aliphatic heterocycles. The Morgan fingerprint density at radius 1 is 1.08 bits per heavy atom. The van der Waals surface area contributed by atoms with Gasteiger partial charge in [0.05, 0.1) is 0 Å². The molecule has 0 aliphatic rings. The average molecular weight is 362 g/mol. The predicted octanol–water partition coefficient (Wildman–Crippen LogP) is 2.89. The minimum Gasteiger partial charge on any atom is -0.507 e. The summed E-state index contributed by atoms with van der Waals surface area (Å²) in [4.78, 5) is 14.3. The smallest absolute Gasteiger partial charge is 0.255 e. The van der Waals surface area contributed by atoms with Gasteiger partial charge in [0.15, 0.2) is 9.84 Å². The van der Waals surface area contributed by atoms with E-state index in [1.54, 1.807) is 12.1 Å². The molecule has 0 bridgehead atoms. The van der Waals surface area contributed by atoms with Gasteiger partial charge in [-0.2, -0.15) is 0 Å². The van der Waals surface area contributed by atoms with Crippen molar-refractivity contribution < 1.29 is 18.3 Å². The summed E-state index contributed by atoms with van der Waals surface area (Å²) in [6.45, 7) is 5.89. The van der Waals surface area contributed by atoms with Crippen LogP contribution in [0, 0.1) is 0 Å². The van der Waals surface area contributed by atoms with E-state index >= 15 is 0 Å². The maximum absolute atomic E-state index is 12.3. The van der Waals surface area contributed by atoms with Crippen LogP contribution in [0.4, 0.5) is 11.4 Å². The Morgan fingerprint density at radius 2 is 1.68 bits per heavy atom. The third kappa shape index (κ3) is 4.51. The molecule has 7 heteroatoms. The lowest BCUT2D eigenvalue weighted by Crippen LogP contribution is -2.21. The molecule has 2 N–H and O–H groups in total. The molecule has 0 aliphatic carbocycles. The van der Waals surface area contributed by atoms with Gasteiger partial charge in [0.1, 0.15) is 10.6 Å². The predicted molar refractivity (Wildman–Crippen MR) is 99.2 cm³/mol. The fourth-order valence-electron chi connectivity index (χ4n) is 2.50. The Morgan fingerprint density at radius 3 is 2.20 bits per heavy atom. The van der Waals surface area contributed by atoms with E-state index in [0.717, 1.165) is 25.0 Å². The SMILES string of the molecule is CCN(CC)c1ccc(C(=O)Nc2ccc(O)c(S(C)(=O)=O)c2)cc1. The zero-order valence-electron chi connectivity index (χ0n) is 14.5. The van der Waals surface area contributed by atoms with Crippen LogP contribution < -0.4 is 10.2 Å². The molecule has 2 rings (SSSR count). The number of benzene rings is 2. The van der Waals surface area contributed by atoms with Gasteiger partial charge in [-0.3, -0.25) is 4.79 Å². The highest BCUT2D eigenvalue weighted by Gasteiger charge is 2.15. The molecule has 6 nitrogen and oxygen atoms in total. The molecule has 0 heterocycles. The van der Waals surface area contributed by atoms with Crippen LogP contribution in [0.2, 0.25) is 0 Å². The van der Waals surface area contributed by atoms with E-state index in [0.29, 0.717) is 11.3 Å². The zero-order valence-corrected chi connectivity index (χ0v) is 15.3. The van der Waals surface area contributed by atoms with E-state index in [4.69, 9.17) is 0 Å². The Balaban J connectivity index is 2.20. The van der Waals surface area contributed by atoms with Crippen molar-refractivity contribution in [1.82, 2.24) is 0 Å². The number of hydrogen-bond donors (Lipinski definition) is 2. The van der Waals surface area contributed by atoms with Crippen LogP contribution in [0.15, 0.2) is 47.4 Å². The monoisotopic (exact) mass is 362 g/mol. The second-order valence-corrected chi connectivity index (χ2v) is 7.61. The van der Waals surface area contributed by atoms with Crippen molar-refractivity contribution in [1.29, 1.82) is 0 Å². The van der Waals surface area contributed by atoms with E-state index < -0.39 is 9.84 Å². The molecule has 0 fully saturated rings. The minimum absolute atomic E-state index is 0.220. The number of nitrogens with one attached hydrogen (secondary N) is 1. The van der Waals surface area contributed by atoms with Crippen LogP contribution in [-0.2, 0) is 9.84 Å². The van der Waals surface area contributed by atoms with Gasteiger partial charge < -0.3 is 15.3 Å². The molecule has 0 aromatic heterocycles. The number of nitrogens with zero attached hydrogens (tertiary/aromatic N) is 1. The Hall–Kier alpha value is -2.54. The number of carbonyl (C=O) groups excluding carboxylic acids is 1. The summed E-state index contributed by atoms with van der Waals surface area (Å²) in [6.07, 6.45) is 1.000. The summed E-state index contributed by atoms with van der Waals surface area (Å²) in [6, 6.07) is 11.1. The van der Waals surface area contributed by atoms with Crippen LogP contribution in [0.25, 0.3) is 0 Å². The number of anilines is 2. The van der Waals surface area contributed by atoms with Crippen LogP contribution in [0.5, 0.6) is 5.75 Å². The molecule has 0 saturated carbocycles. The molecule has 0 spiro atoms. The van der Waals surface area contributed by atoms with Gasteiger partial charge in [-0.1, -0.05) is 0 Å². The fraction of sp³-hybridized carbons (Fsp3) is 0.278. The van der Waals surface area contributed by atoms with E-state index in [9.17, 15) is 18.3 Å². The summed E-state index contributed by atoms with van der Waals surface area (Å²) in [7, 11) is -3.58. The van der Waals surface area contributed by atoms with Gasteiger partial charge in [-0.25, -0.2) is 8.42 Å². The molecule has 2 aromatic carbocycles. The largest absolute Gasteiger partial charge is 0.507 e. The minimum atomic E-state index is -3.58. The fourth-order valence-corrected chi connectivity index (χ4v) is 3.29. The van der Waals surface area contributed by atoms with E-state index in [2.05, 4.69) is 24.1 Å². The number of rotatable bonds is 6. The lowest BCUT2D eigenvalue weighted by atomic mass is 10.1. The topological polar surface area (TPSA) is 86.7 Å². The zero-order chi connectivity index (χ0) is 18.6. The van der Waals surface area contributed by atoms with Gasteiger partial charge in [0, 0.05) is 36.3 Å². The van der Waals surface area contributed by atoms with Crippen molar-refractivity contribution in [3.63, 3.8) is 0 Å². The summed E-state index contributed by atoms with van der Waals surface area (Å²) in [5.41, 5.74) is 1.80. The van der Waals surface area contributed by atoms with Gasteiger partial charge in [0.25, 0.3) is 5.91 Å². The molecule has 1 amide bonds. The number of carbonyl (C=O) groups is 1. The Kier molecular flexibility index (Phi) is 5.69. The Labute approximate surface area is 148 Å². The highest BCUT2D eigenvalue weighted by molar-refractivity contribution is 7.90. The second kappa shape index (κ2) is 7.57. The molecule has 2 aromatic rings. The third-order valence-corrected chi connectivity index (χ3v) is 5.00. The van der Waals surface area contributed by atoms with Crippen molar-refractivity contribution in [3.05, 3.63) is 48.0 Å². The molecule has 0 atom stereocenters. The number of phenolic OH excluding ortho intramolecular Hbond substituents is 1. The Bertz CT molecular complexity index is 857. The first kappa shape index (κ1) is 18.8. The first-order valence-corrected chi connectivity index (χ1v) is 9.84. The molecule has 0 saturated heterocycles. The summed E-state index contributed by atoms with van der Waals surface area (Å²) in [5.74, 6) is -0.694. The number of hydrogen-bond acceptors (Lipinski definition) is 5. The first-order chi connectivity index (χ1) is 11.8. The van der Waals surface area contributed by atoms with Crippen molar-refractivity contribution in [2.75, 3.05) is 29.6 Å². The number of amides is 1. The summed E-state index contributed by atoms with van der Waals surface area (Å²) >= 11 is 0. The van der Waals surface area contributed by atoms with Crippen LogP contribution in [0.3, 0.4) is 0 Å². The molecule has 0 radical (unpaired) electrons. The van der Waals surface area contributed by atoms with E-state index in [1.165, 1.54) is 18.2 Å². The maximum atomic E-state index is 12.3. The standard InChI is InChI=1S/C18H22N2O4S/c1-4-20(5-2)15-9-6-13(7-10-15)18(22)19-14-8-11-16(21)17(12-14)25(3,23)24/h6-12,21H,4-5H2,1-3H3,(H,19,22). The lowest BCUT2D eigenvalue weighted by molar-refractivity contribution is 0.102. The lowest BCUT2D eigenvalue weighted by Gasteiger charge is -2.21. The third-order valence-electron chi connectivity index (χ3n) is 3.88. The van der Waals surface area contributed by atoms with E-state index in [-0.39, 0.29) is 16.6 Å². The normalized spacial score (nSPS) is 11.2. The molecule has 25 heavy (non-hydrogen) atoms. The first-order valence-electron chi connectivity index (χ1n) is 7.95. The quantitative estimate of drug-likeness (QED) is 0.772. The highest BCUT2D eigenvalue weighted by atomic mass is 32.2. The van der Waals surface area contributed by atoms with Gasteiger partial charge >= 0.3 is 0 Å². The maximum Gasteiger partial charge on any atom is 0.255 e. The molecule has 0 unspecified atom stereocenters. The van der Waals surface area contributed by atoms with Crippen molar-refractivity contribution in [2.24, 2.45) is 0 Å². The van der Waals surface area contributed by atoms with Crippen LogP contribution in [-0.4, -0.2) is 38.8 Å². The number of aromatic hydroxyl groups is 1. The van der Waals surface area contributed by atoms with Gasteiger partial charge in [0.2, 0.25) is 0 Å². The second-order valence-electron chi connectivity index (χ2n) is 5.63. The van der Waals surface area contributed by atoms with Crippen molar-refractivity contribution >= 4 is 27.1 Å². The van der Waals surface area contributed by atoms with Crippen molar-refractivity contribution in [2.45, 2.75) is 18.7 Å². The van der Waals surface area contributed by atoms with Gasteiger partial charge in [-0.15, -0.1) is 0 Å². The van der Waals surface area contributed by atoms with Crippen LogP contribution in [0.1, 0.15) is 24.2 Å². The number of sulfone groups is 1. The van der Waals surface area contributed by atoms with Crippen LogP contribution >= 0.6 is 0 Å². The molecular weight excluding hydrogens is 340 g/mol. The van der Waals surface area contributed by atoms with E-state index in [1.807, 2.05) is 12.1 Å². The average Bonchev–Trinajstić information content (AvgIpc) is 2.57. The van der Waals surface area contributed by atoms with Gasteiger partial charge in [-0.05, 0) is 56.3 Å².